The zero-order chi connectivity index (χ0) is 26.7. The zero-order valence-corrected chi connectivity index (χ0v) is 23.3. The van der Waals surface area contributed by atoms with Crippen LogP contribution in [0, 0.1) is 5.82 Å². The molecule has 5 heteroatoms. The van der Waals surface area contributed by atoms with Gasteiger partial charge in [-0.1, -0.05) is 88.7 Å². The number of benzene rings is 2. The molecule has 36 heavy (non-hydrogen) atoms. The molecular formula is C31H41ClFN3. The molecule has 0 unspecified atom stereocenters. The molecule has 1 aromatic heterocycles. The summed E-state index contributed by atoms with van der Waals surface area (Å²) in [4.78, 5) is 9.29. The number of unbranched alkanes of at least 4 members (excludes halogenated alkanes) is 1. The van der Waals surface area contributed by atoms with E-state index in [0.29, 0.717) is 22.7 Å². The highest BCUT2D eigenvalue weighted by Crippen LogP contribution is 2.29. The van der Waals surface area contributed by atoms with E-state index >= 15 is 0 Å². The molecule has 1 fully saturated rings. The standard InChI is InChI=1S/C19H15ClFN.C8H16N2.C4H10/c1-3-12-5-8-15-16(20)11-18(22-19(15)9-12)14-7-6-13(4-2)17(21)10-14;1-8(2)10-6-4-9(3)5-7-10;1-3-4-2/h3,5-11H,1,4H2,2H3;1,4-7H2,2-3H3;3-4H2,1-2H3. The molecule has 0 saturated carbocycles. The lowest BCUT2D eigenvalue weighted by atomic mass is 10.0. The smallest absolute Gasteiger partial charge is 0.127 e. The maximum atomic E-state index is 14.0. The van der Waals surface area contributed by atoms with Crippen LogP contribution in [0.4, 0.5) is 4.39 Å². The number of likely N-dealkylation sites (N-methyl/N-ethyl adjacent to an activating group) is 1. The van der Waals surface area contributed by atoms with Crippen molar-refractivity contribution in [3.63, 3.8) is 0 Å². The van der Waals surface area contributed by atoms with Gasteiger partial charge in [0.05, 0.1) is 16.2 Å². The van der Waals surface area contributed by atoms with E-state index < -0.39 is 0 Å². The molecule has 0 N–H and O–H groups in total. The van der Waals surface area contributed by atoms with Crippen molar-refractivity contribution in [2.75, 3.05) is 33.2 Å². The van der Waals surface area contributed by atoms with Crippen molar-refractivity contribution in [1.82, 2.24) is 14.8 Å². The molecule has 0 amide bonds. The first-order valence-electron chi connectivity index (χ1n) is 12.8. The second-order valence-corrected chi connectivity index (χ2v) is 9.56. The summed E-state index contributed by atoms with van der Waals surface area (Å²) in [6.07, 6.45) is 5.07. The Kier molecular flexibility index (Phi) is 12.1. The van der Waals surface area contributed by atoms with E-state index in [1.807, 2.05) is 31.2 Å². The summed E-state index contributed by atoms with van der Waals surface area (Å²) in [6, 6.07) is 12.8. The van der Waals surface area contributed by atoms with E-state index in [1.54, 1.807) is 18.2 Å². The fourth-order valence-corrected chi connectivity index (χ4v) is 3.92. The highest BCUT2D eigenvalue weighted by atomic mass is 35.5. The molecule has 2 aromatic carbocycles. The fraction of sp³-hybridized carbons (Fsp3) is 0.387. The Bertz CT molecular complexity index is 1150. The number of nitrogens with zero attached hydrogens (tertiary/aromatic N) is 3. The molecule has 1 aliphatic heterocycles. The molecule has 0 spiro atoms. The van der Waals surface area contributed by atoms with E-state index in [4.69, 9.17) is 11.6 Å². The summed E-state index contributed by atoms with van der Waals surface area (Å²) < 4.78 is 14.0. The van der Waals surface area contributed by atoms with Gasteiger partial charge in [-0.2, -0.15) is 0 Å². The minimum absolute atomic E-state index is 0.210. The van der Waals surface area contributed by atoms with Crippen LogP contribution in [0.3, 0.4) is 0 Å². The third-order valence-electron chi connectivity index (χ3n) is 6.29. The van der Waals surface area contributed by atoms with Gasteiger partial charge in [-0.05, 0) is 49.7 Å². The van der Waals surface area contributed by atoms with Crippen LogP contribution in [0.25, 0.3) is 28.2 Å². The molecular weight excluding hydrogens is 469 g/mol. The van der Waals surface area contributed by atoms with E-state index in [2.05, 4.69) is 55.8 Å². The highest BCUT2D eigenvalue weighted by molar-refractivity contribution is 6.35. The molecule has 0 radical (unpaired) electrons. The van der Waals surface area contributed by atoms with Gasteiger partial charge in [-0.25, -0.2) is 9.37 Å². The molecule has 3 aromatic rings. The van der Waals surface area contributed by atoms with E-state index in [-0.39, 0.29) is 5.82 Å². The average molecular weight is 510 g/mol. The monoisotopic (exact) mass is 509 g/mol. The van der Waals surface area contributed by atoms with Crippen LogP contribution in [-0.2, 0) is 6.42 Å². The molecule has 1 saturated heterocycles. The highest BCUT2D eigenvalue weighted by Gasteiger charge is 2.12. The van der Waals surface area contributed by atoms with Gasteiger partial charge in [0.2, 0.25) is 0 Å². The Morgan fingerprint density at radius 1 is 1.03 bits per heavy atom. The third kappa shape index (κ3) is 8.46. The van der Waals surface area contributed by atoms with Gasteiger partial charge in [0.15, 0.2) is 0 Å². The van der Waals surface area contributed by atoms with Gasteiger partial charge in [-0.15, -0.1) is 0 Å². The van der Waals surface area contributed by atoms with Crippen LogP contribution >= 0.6 is 11.6 Å². The number of aromatic nitrogens is 1. The van der Waals surface area contributed by atoms with Crippen molar-refractivity contribution in [1.29, 1.82) is 0 Å². The van der Waals surface area contributed by atoms with Crippen LogP contribution in [-0.4, -0.2) is 48.0 Å². The SMILES string of the molecule is C=C(C)N1CCN(C)CC1.C=Cc1ccc2c(Cl)cc(-c3ccc(CC)c(F)c3)nc2c1.CCCC. The maximum Gasteiger partial charge on any atom is 0.127 e. The summed E-state index contributed by atoms with van der Waals surface area (Å²) in [7, 11) is 2.16. The molecule has 194 valence electrons. The minimum atomic E-state index is -0.210. The van der Waals surface area contributed by atoms with Crippen molar-refractivity contribution in [2.24, 2.45) is 0 Å². The number of pyridine rings is 1. The number of allylic oxidation sites excluding steroid dienone is 1. The second-order valence-electron chi connectivity index (χ2n) is 9.16. The van der Waals surface area contributed by atoms with E-state index in [9.17, 15) is 4.39 Å². The number of halogens is 2. The Hall–Kier alpha value is -2.69. The second kappa shape index (κ2) is 14.8. The molecule has 1 aliphatic rings. The van der Waals surface area contributed by atoms with Crippen molar-refractivity contribution >= 4 is 28.6 Å². The summed E-state index contributed by atoms with van der Waals surface area (Å²) in [5.41, 5.74) is 5.04. The van der Waals surface area contributed by atoms with Crippen molar-refractivity contribution in [2.45, 2.75) is 47.0 Å². The zero-order valence-electron chi connectivity index (χ0n) is 22.6. The molecule has 0 bridgehead atoms. The van der Waals surface area contributed by atoms with Crippen LogP contribution in [0.5, 0.6) is 0 Å². The van der Waals surface area contributed by atoms with Crippen LogP contribution in [0.2, 0.25) is 5.02 Å². The quantitative estimate of drug-likeness (QED) is 0.343. The van der Waals surface area contributed by atoms with Gasteiger partial charge < -0.3 is 9.80 Å². The third-order valence-corrected chi connectivity index (χ3v) is 6.60. The van der Waals surface area contributed by atoms with E-state index in [0.717, 1.165) is 35.1 Å². The van der Waals surface area contributed by atoms with Gasteiger partial charge >= 0.3 is 0 Å². The fourth-order valence-electron chi connectivity index (χ4n) is 3.66. The lowest BCUT2D eigenvalue weighted by Gasteiger charge is -2.33. The number of rotatable bonds is 5. The maximum absolute atomic E-state index is 14.0. The summed E-state index contributed by atoms with van der Waals surface area (Å²) in [5.74, 6) is -0.210. The molecule has 3 nitrogen and oxygen atoms in total. The average Bonchev–Trinajstić information content (AvgIpc) is 2.89. The predicted molar refractivity (Wildman–Crippen MR) is 156 cm³/mol. The molecule has 4 rings (SSSR count). The first-order valence-corrected chi connectivity index (χ1v) is 13.2. The predicted octanol–water partition coefficient (Wildman–Crippen LogP) is 8.47. The van der Waals surface area contributed by atoms with Crippen molar-refractivity contribution in [3.8, 4) is 11.3 Å². The van der Waals surface area contributed by atoms with Crippen molar-refractivity contribution in [3.05, 3.63) is 83.3 Å². The van der Waals surface area contributed by atoms with Crippen LogP contribution < -0.4 is 0 Å². The number of hydrogen-bond donors (Lipinski definition) is 0. The number of aryl methyl sites for hydroxylation is 1. The normalized spacial score (nSPS) is 13.4. The van der Waals surface area contributed by atoms with E-state index in [1.165, 1.54) is 37.7 Å². The summed E-state index contributed by atoms with van der Waals surface area (Å²) in [6.45, 7) is 20.7. The number of piperazine rings is 1. The van der Waals surface area contributed by atoms with Gasteiger partial charge in [0, 0.05) is 42.8 Å². The molecule has 0 atom stereocenters. The largest absolute Gasteiger partial charge is 0.373 e. The van der Waals surface area contributed by atoms with Crippen LogP contribution in [0.15, 0.2) is 61.3 Å². The minimum Gasteiger partial charge on any atom is -0.373 e. The topological polar surface area (TPSA) is 19.4 Å². The van der Waals surface area contributed by atoms with Gasteiger partial charge in [-0.3, -0.25) is 0 Å². The first-order chi connectivity index (χ1) is 17.2. The first kappa shape index (κ1) is 29.5. The number of fused-ring (bicyclic) bond motifs is 1. The van der Waals surface area contributed by atoms with Gasteiger partial charge in [0.1, 0.15) is 5.82 Å². The molecule has 0 aliphatic carbocycles. The Morgan fingerprint density at radius 3 is 2.22 bits per heavy atom. The summed E-state index contributed by atoms with van der Waals surface area (Å²) in [5, 5.41) is 1.48. The Balaban J connectivity index is 0.000000270. The van der Waals surface area contributed by atoms with Crippen LogP contribution in [0.1, 0.15) is 51.7 Å². The Morgan fingerprint density at radius 2 is 1.69 bits per heavy atom. The summed E-state index contributed by atoms with van der Waals surface area (Å²) >= 11 is 6.35. The molecule has 2 heterocycles. The van der Waals surface area contributed by atoms with Crippen molar-refractivity contribution < 1.29 is 4.39 Å². The number of hydrogen-bond acceptors (Lipinski definition) is 3. The van der Waals surface area contributed by atoms with Gasteiger partial charge in [0.25, 0.3) is 0 Å². The Labute approximate surface area is 222 Å². The lowest BCUT2D eigenvalue weighted by molar-refractivity contribution is 0.187. The lowest BCUT2D eigenvalue weighted by Crippen LogP contribution is -2.43.